The van der Waals surface area contributed by atoms with Gasteiger partial charge in [0, 0.05) is 43.4 Å². The van der Waals surface area contributed by atoms with Crippen LogP contribution < -0.4 is 10.2 Å². The third kappa shape index (κ3) is 2.93. The lowest BCUT2D eigenvalue weighted by Crippen LogP contribution is -2.08. The topological polar surface area (TPSA) is 28.2 Å². The van der Waals surface area contributed by atoms with Gasteiger partial charge in [0.05, 0.1) is 0 Å². The van der Waals surface area contributed by atoms with Gasteiger partial charge in [0.15, 0.2) is 0 Å². The molecular weight excluding hydrogens is 217 g/mol. The minimum Gasteiger partial charge on any atom is -0.378 e. The highest BCUT2D eigenvalue weighted by molar-refractivity contribution is 5.64. The molecule has 0 saturated carbocycles. The second-order valence-electron chi connectivity index (χ2n) is 3.94. The van der Waals surface area contributed by atoms with Crippen LogP contribution >= 0.6 is 0 Å². The molecule has 1 aromatic heterocycles. The summed E-state index contributed by atoms with van der Waals surface area (Å²) >= 11 is 0. The van der Waals surface area contributed by atoms with E-state index >= 15 is 0 Å². The molecule has 2 aromatic rings. The van der Waals surface area contributed by atoms with Gasteiger partial charge in [-0.05, 0) is 24.3 Å². The van der Waals surface area contributed by atoms with E-state index in [1.54, 1.807) is 6.07 Å². The number of aromatic nitrogens is 1. The average molecular weight is 231 g/mol. The van der Waals surface area contributed by atoms with Crippen molar-refractivity contribution in [2.45, 2.75) is 0 Å². The molecule has 17 heavy (non-hydrogen) atoms. The van der Waals surface area contributed by atoms with E-state index in [4.69, 9.17) is 0 Å². The summed E-state index contributed by atoms with van der Waals surface area (Å²) in [5, 5.41) is 3.13. The molecule has 1 aromatic carbocycles. The number of benzene rings is 1. The van der Waals surface area contributed by atoms with E-state index in [1.807, 2.05) is 43.3 Å². The maximum Gasteiger partial charge on any atom is 0.214 e. The fraction of sp³-hybridized carbons (Fsp3) is 0.154. The molecule has 4 heteroatoms. The van der Waals surface area contributed by atoms with Gasteiger partial charge in [0.2, 0.25) is 5.95 Å². The molecule has 0 radical (unpaired) electrons. The minimum absolute atomic E-state index is 0.487. The summed E-state index contributed by atoms with van der Waals surface area (Å²) in [6.07, 6.45) is 1.44. The van der Waals surface area contributed by atoms with E-state index in [2.05, 4.69) is 10.3 Å². The summed E-state index contributed by atoms with van der Waals surface area (Å²) in [5.74, 6) is -0.487. The van der Waals surface area contributed by atoms with Crippen LogP contribution in [-0.2, 0) is 0 Å². The van der Waals surface area contributed by atoms with Crippen molar-refractivity contribution in [3.05, 3.63) is 48.5 Å². The summed E-state index contributed by atoms with van der Waals surface area (Å²) in [6, 6.07) is 11.0. The average Bonchev–Trinajstić information content (AvgIpc) is 2.29. The summed E-state index contributed by atoms with van der Waals surface area (Å²) in [4.78, 5) is 5.52. The van der Waals surface area contributed by atoms with Gasteiger partial charge < -0.3 is 10.2 Å². The van der Waals surface area contributed by atoms with Crippen molar-refractivity contribution in [2.24, 2.45) is 0 Å². The fourth-order valence-electron chi connectivity index (χ4n) is 1.51. The van der Waals surface area contributed by atoms with Crippen LogP contribution in [0, 0.1) is 5.95 Å². The first-order valence-corrected chi connectivity index (χ1v) is 5.31. The van der Waals surface area contributed by atoms with Crippen LogP contribution in [0.15, 0.2) is 42.6 Å². The maximum absolute atomic E-state index is 12.9. The number of pyridine rings is 1. The quantitative estimate of drug-likeness (QED) is 0.823. The van der Waals surface area contributed by atoms with Gasteiger partial charge in [-0.25, -0.2) is 4.98 Å². The van der Waals surface area contributed by atoms with E-state index in [9.17, 15) is 4.39 Å². The van der Waals surface area contributed by atoms with Crippen LogP contribution in [0.2, 0.25) is 0 Å². The Kier molecular flexibility index (Phi) is 3.23. The van der Waals surface area contributed by atoms with Crippen molar-refractivity contribution in [1.29, 1.82) is 0 Å². The lowest BCUT2D eigenvalue weighted by Gasteiger charge is -2.14. The predicted octanol–water partition coefficient (Wildman–Crippen LogP) is 3.03. The van der Waals surface area contributed by atoms with Crippen molar-refractivity contribution < 1.29 is 4.39 Å². The van der Waals surface area contributed by atoms with Crippen LogP contribution in [-0.4, -0.2) is 19.1 Å². The fourth-order valence-corrected chi connectivity index (χ4v) is 1.51. The molecule has 2 rings (SSSR count). The number of anilines is 3. The Balaban J connectivity index is 2.21. The SMILES string of the molecule is CN(C)c1cccc(Nc2ccnc(F)c2)c1. The molecule has 0 fully saturated rings. The molecule has 0 amide bonds. The largest absolute Gasteiger partial charge is 0.378 e. The van der Waals surface area contributed by atoms with E-state index in [1.165, 1.54) is 12.3 Å². The summed E-state index contributed by atoms with van der Waals surface area (Å²) in [5.41, 5.74) is 2.69. The number of nitrogens with one attached hydrogen (secondary N) is 1. The number of hydrogen-bond donors (Lipinski definition) is 1. The number of halogens is 1. The molecule has 0 bridgehead atoms. The molecule has 0 unspecified atom stereocenters. The third-order valence-corrected chi connectivity index (χ3v) is 2.38. The molecule has 0 aliphatic rings. The van der Waals surface area contributed by atoms with Gasteiger partial charge in [-0.2, -0.15) is 4.39 Å². The van der Waals surface area contributed by atoms with Crippen molar-refractivity contribution >= 4 is 17.1 Å². The van der Waals surface area contributed by atoms with Crippen LogP contribution in [0.5, 0.6) is 0 Å². The molecule has 0 spiro atoms. The van der Waals surface area contributed by atoms with Crippen molar-refractivity contribution in [1.82, 2.24) is 4.98 Å². The Bertz CT molecular complexity index is 512. The second-order valence-corrected chi connectivity index (χ2v) is 3.94. The summed E-state index contributed by atoms with van der Waals surface area (Å²) in [6.45, 7) is 0. The molecule has 3 nitrogen and oxygen atoms in total. The highest BCUT2D eigenvalue weighted by Crippen LogP contribution is 2.21. The molecule has 1 heterocycles. The van der Waals surface area contributed by atoms with Crippen LogP contribution in [0.1, 0.15) is 0 Å². The molecule has 0 atom stereocenters. The van der Waals surface area contributed by atoms with Gasteiger partial charge in [0.25, 0.3) is 0 Å². The normalized spacial score (nSPS) is 10.1. The molecule has 1 N–H and O–H groups in total. The molecular formula is C13H14FN3. The first-order chi connectivity index (χ1) is 8.15. The Morgan fingerprint density at radius 1 is 1.12 bits per heavy atom. The molecule has 0 saturated heterocycles. The van der Waals surface area contributed by atoms with Gasteiger partial charge in [0.1, 0.15) is 0 Å². The van der Waals surface area contributed by atoms with Crippen LogP contribution in [0.25, 0.3) is 0 Å². The summed E-state index contributed by atoms with van der Waals surface area (Å²) in [7, 11) is 3.95. The third-order valence-electron chi connectivity index (χ3n) is 2.38. The van der Waals surface area contributed by atoms with Gasteiger partial charge >= 0.3 is 0 Å². The smallest absolute Gasteiger partial charge is 0.214 e. The number of rotatable bonds is 3. The van der Waals surface area contributed by atoms with E-state index in [-0.39, 0.29) is 0 Å². The lowest BCUT2D eigenvalue weighted by atomic mass is 10.2. The Labute approximate surface area is 99.9 Å². The monoisotopic (exact) mass is 231 g/mol. The van der Waals surface area contributed by atoms with Crippen LogP contribution in [0.3, 0.4) is 0 Å². The molecule has 88 valence electrons. The Morgan fingerprint density at radius 2 is 1.88 bits per heavy atom. The standard InChI is InChI=1S/C13H14FN3/c1-17(2)12-5-3-4-10(8-12)16-11-6-7-15-13(14)9-11/h3-9H,1-2H3,(H,15,16). The second kappa shape index (κ2) is 4.82. The van der Waals surface area contributed by atoms with Crippen molar-refractivity contribution in [2.75, 3.05) is 24.3 Å². The maximum atomic E-state index is 12.9. The number of nitrogens with zero attached hydrogens (tertiary/aromatic N) is 2. The Morgan fingerprint density at radius 3 is 2.59 bits per heavy atom. The zero-order valence-corrected chi connectivity index (χ0v) is 9.81. The van der Waals surface area contributed by atoms with Crippen LogP contribution in [0.4, 0.5) is 21.5 Å². The highest BCUT2D eigenvalue weighted by atomic mass is 19.1. The molecule has 0 aliphatic carbocycles. The van der Waals surface area contributed by atoms with E-state index in [0.29, 0.717) is 5.69 Å². The zero-order valence-electron chi connectivity index (χ0n) is 9.81. The van der Waals surface area contributed by atoms with Gasteiger partial charge in [-0.15, -0.1) is 0 Å². The van der Waals surface area contributed by atoms with Crippen molar-refractivity contribution in [3.8, 4) is 0 Å². The summed E-state index contributed by atoms with van der Waals surface area (Å²) < 4.78 is 12.9. The van der Waals surface area contributed by atoms with Gasteiger partial charge in [-0.3, -0.25) is 0 Å². The first-order valence-electron chi connectivity index (χ1n) is 5.31. The zero-order chi connectivity index (χ0) is 12.3. The minimum atomic E-state index is -0.487. The molecule has 0 aliphatic heterocycles. The van der Waals surface area contributed by atoms with Gasteiger partial charge in [-0.1, -0.05) is 6.07 Å². The van der Waals surface area contributed by atoms with E-state index in [0.717, 1.165) is 11.4 Å². The Hall–Kier alpha value is -2.10. The predicted molar refractivity (Wildman–Crippen MR) is 68.2 cm³/mol. The van der Waals surface area contributed by atoms with Crippen molar-refractivity contribution in [3.63, 3.8) is 0 Å². The van der Waals surface area contributed by atoms with E-state index < -0.39 is 5.95 Å². The number of hydrogen-bond acceptors (Lipinski definition) is 3. The highest BCUT2D eigenvalue weighted by Gasteiger charge is 1.99. The lowest BCUT2D eigenvalue weighted by molar-refractivity contribution is 0.584. The first kappa shape index (κ1) is 11.4.